The van der Waals surface area contributed by atoms with Crippen LogP contribution in [0.25, 0.3) is 0 Å². The summed E-state index contributed by atoms with van der Waals surface area (Å²) in [7, 11) is 1.96. The Kier molecular flexibility index (Phi) is 5.89. The predicted molar refractivity (Wildman–Crippen MR) is 87.6 cm³/mol. The topological polar surface area (TPSA) is 21.3 Å². The van der Waals surface area contributed by atoms with Crippen LogP contribution >= 0.6 is 27.5 Å². The number of halogens is 2. The Morgan fingerprint density at radius 3 is 2.45 bits per heavy atom. The van der Waals surface area contributed by atoms with E-state index in [0.29, 0.717) is 11.6 Å². The van der Waals surface area contributed by atoms with Crippen molar-refractivity contribution in [1.29, 1.82) is 0 Å². The van der Waals surface area contributed by atoms with Gasteiger partial charge in [0.2, 0.25) is 0 Å². The Balaban J connectivity index is 1.93. The van der Waals surface area contributed by atoms with E-state index in [9.17, 15) is 0 Å². The summed E-state index contributed by atoms with van der Waals surface area (Å²) in [5.74, 6) is 0.800. The minimum absolute atomic E-state index is 0.548. The second kappa shape index (κ2) is 7.67. The molecule has 0 aliphatic heterocycles. The number of rotatable bonds is 6. The minimum atomic E-state index is 0.548. The Hall–Kier alpha value is -1.03. The molecule has 0 radical (unpaired) electrons. The fraction of sp³-hybridized carbons (Fsp3) is 0.250. The molecule has 0 saturated heterocycles. The van der Waals surface area contributed by atoms with E-state index < -0.39 is 0 Å². The van der Waals surface area contributed by atoms with Crippen LogP contribution in [-0.4, -0.2) is 13.6 Å². The molecule has 0 aliphatic carbocycles. The standard InChI is InChI=1S/C16H17BrClNO/c1-19-9-8-12-2-4-13(5-3-12)11-20-16-7-6-14(18)10-15(16)17/h2-7,10,19H,8-9,11H2,1H3. The van der Waals surface area contributed by atoms with Gasteiger partial charge in [-0.1, -0.05) is 35.9 Å². The van der Waals surface area contributed by atoms with Gasteiger partial charge in [0.1, 0.15) is 12.4 Å². The maximum Gasteiger partial charge on any atom is 0.134 e. The summed E-state index contributed by atoms with van der Waals surface area (Å²) < 4.78 is 6.65. The number of benzene rings is 2. The lowest BCUT2D eigenvalue weighted by Crippen LogP contribution is -2.10. The molecule has 0 bridgehead atoms. The molecule has 0 heterocycles. The van der Waals surface area contributed by atoms with E-state index in [1.807, 2.05) is 25.2 Å². The van der Waals surface area contributed by atoms with Gasteiger partial charge in [-0.3, -0.25) is 0 Å². The lowest BCUT2D eigenvalue weighted by Gasteiger charge is -2.09. The van der Waals surface area contributed by atoms with Gasteiger partial charge in [0.15, 0.2) is 0 Å². The van der Waals surface area contributed by atoms with E-state index in [4.69, 9.17) is 16.3 Å². The van der Waals surface area contributed by atoms with Crippen molar-refractivity contribution in [3.8, 4) is 5.75 Å². The average Bonchev–Trinajstić information content (AvgIpc) is 2.45. The summed E-state index contributed by atoms with van der Waals surface area (Å²) in [6, 6.07) is 14.0. The SMILES string of the molecule is CNCCc1ccc(COc2ccc(Cl)cc2Br)cc1. The molecule has 0 aromatic heterocycles. The average molecular weight is 355 g/mol. The Labute approximate surface area is 133 Å². The zero-order chi connectivity index (χ0) is 14.4. The van der Waals surface area contributed by atoms with Crippen molar-refractivity contribution < 1.29 is 4.74 Å². The lowest BCUT2D eigenvalue weighted by atomic mass is 10.1. The zero-order valence-corrected chi connectivity index (χ0v) is 13.7. The van der Waals surface area contributed by atoms with E-state index in [2.05, 4.69) is 45.5 Å². The molecular weight excluding hydrogens is 338 g/mol. The van der Waals surface area contributed by atoms with Gasteiger partial charge in [-0.25, -0.2) is 0 Å². The van der Waals surface area contributed by atoms with Crippen LogP contribution in [0.15, 0.2) is 46.9 Å². The molecule has 0 saturated carbocycles. The predicted octanol–water partition coefficient (Wildman–Crippen LogP) is 4.44. The van der Waals surface area contributed by atoms with Gasteiger partial charge in [-0.2, -0.15) is 0 Å². The molecule has 0 spiro atoms. The first-order chi connectivity index (χ1) is 9.69. The van der Waals surface area contributed by atoms with Crippen molar-refractivity contribution >= 4 is 27.5 Å². The van der Waals surface area contributed by atoms with Crippen molar-refractivity contribution in [2.75, 3.05) is 13.6 Å². The molecule has 4 heteroatoms. The van der Waals surface area contributed by atoms with Crippen LogP contribution in [0.2, 0.25) is 5.02 Å². The molecule has 0 unspecified atom stereocenters. The molecule has 2 rings (SSSR count). The van der Waals surface area contributed by atoms with E-state index in [1.165, 1.54) is 5.56 Å². The van der Waals surface area contributed by atoms with Crippen LogP contribution in [0.4, 0.5) is 0 Å². The van der Waals surface area contributed by atoms with E-state index in [1.54, 1.807) is 0 Å². The third-order valence-corrected chi connectivity index (χ3v) is 3.83. The molecule has 1 N–H and O–H groups in total. The minimum Gasteiger partial charge on any atom is -0.488 e. The molecule has 20 heavy (non-hydrogen) atoms. The summed E-state index contributed by atoms with van der Waals surface area (Å²) >= 11 is 9.35. The van der Waals surface area contributed by atoms with Gasteiger partial charge in [-0.05, 0) is 65.3 Å². The fourth-order valence-corrected chi connectivity index (χ4v) is 2.62. The van der Waals surface area contributed by atoms with Crippen LogP contribution < -0.4 is 10.1 Å². The number of hydrogen-bond donors (Lipinski definition) is 1. The van der Waals surface area contributed by atoms with Crippen LogP contribution in [0.5, 0.6) is 5.75 Å². The largest absolute Gasteiger partial charge is 0.488 e. The lowest BCUT2D eigenvalue weighted by molar-refractivity contribution is 0.304. The van der Waals surface area contributed by atoms with E-state index in [0.717, 1.165) is 28.8 Å². The molecule has 2 nitrogen and oxygen atoms in total. The van der Waals surface area contributed by atoms with Crippen molar-refractivity contribution in [2.24, 2.45) is 0 Å². The molecule has 106 valence electrons. The quantitative estimate of drug-likeness (QED) is 0.828. The first kappa shape index (κ1) is 15.4. The number of nitrogens with one attached hydrogen (secondary N) is 1. The van der Waals surface area contributed by atoms with Gasteiger partial charge in [0.05, 0.1) is 4.47 Å². The van der Waals surface area contributed by atoms with Gasteiger partial charge in [-0.15, -0.1) is 0 Å². The maximum atomic E-state index is 5.90. The van der Waals surface area contributed by atoms with Crippen molar-refractivity contribution in [3.63, 3.8) is 0 Å². The maximum absolute atomic E-state index is 5.90. The van der Waals surface area contributed by atoms with Crippen LogP contribution in [0.3, 0.4) is 0 Å². The molecule has 0 fully saturated rings. The molecule has 2 aromatic rings. The summed E-state index contributed by atoms with van der Waals surface area (Å²) in [5.41, 5.74) is 2.48. The van der Waals surface area contributed by atoms with Crippen LogP contribution in [-0.2, 0) is 13.0 Å². The van der Waals surface area contributed by atoms with E-state index >= 15 is 0 Å². The third-order valence-electron chi connectivity index (χ3n) is 2.97. The van der Waals surface area contributed by atoms with Crippen LogP contribution in [0, 0.1) is 0 Å². The summed E-state index contributed by atoms with van der Waals surface area (Å²) in [5, 5.41) is 3.84. The van der Waals surface area contributed by atoms with Gasteiger partial charge in [0, 0.05) is 5.02 Å². The monoisotopic (exact) mass is 353 g/mol. The Morgan fingerprint density at radius 2 is 1.80 bits per heavy atom. The highest BCUT2D eigenvalue weighted by atomic mass is 79.9. The highest BCUT2D eigenvalue weighted by molar-refractivity contribution is 9.10. The molecule has 2 aromatic carbocycles. The highest BCUT2D eigenvalue weighted by Crippen LogP contribution is 2.28. The first-order valence-corrected chi connectivity index (χ1v) is 7.66. The van der Waals surface area contributed by atoms with Crippen LogP contribution in [0.1, 0.15) is 11.1 Å². The van der Waals surface area contributed by atoms with E-state index in [-0.39, 0.29) is 0 Å². The molecular formula is C16H17BrClNO. The fourth-order valence-electron chi connectivity index (χ4n) is 1.82. The number of hydrogen-bond acceptors (Lipinski definition) is 2. The molecule has 0 aliphatic rings. The first-order valence-electron chi connectivity index (χ1n) is 6.49. The normalized spacial score (nSPS) is 10.6. The van der Waals surface area contributed by atoms with Crippen molar-refractivity contribution in [2.45, 2.75) is 13.0 Å². The molecule has 0 atom stereocenters. The van der Waals surface area contributed by atoms with Gasteiger partial charge < -0.3 is 10.1 Å². The number of ether oxygens (including phenoxy) is 1. The second-order valence-corrected chi connectivity index (χ2v) is 5.82. The van der Waals surface area contributed by atoms with Gasteiger partial charge >= 0.3 is 0 Å². The Bertz CT molecular complexity index is 557. The summed E-state index contributed by atoms with van der Waals surface area (Å²) in [6.07, 6.45) is 1.04. The van der Waals surface area contributed by atoms with Crippen molar-refractivity contribution in [1.82, 2.24) is 5.32 Å². The summed E-state index contributed by atoms with van der Waals surface area (Å²) in [4.78, 5) is 0. The third kappa shape index (κ3) is 4.51. The zero-order valence-electron chi connectivity index (χ0n) is 11.3. The smallest absolute Gasteiger partial charge is 0.134 e. The summed E-state index contributed by atoms with van der Waals surface area (Å²) in [6.45, 7) is 1.54. The second-order valence-electron chi connectivity index (χ2n) is 4.53. The van der Waals surface area contributed by atoms with Crippen molar-refractivity contribution in [3.05, 3.63) is 63.1 Å². The number of likely N-dealkylation sites (N-methyl/N-ethyl adjacent to an activating group) is 1. The van der Waals surface area contributed by atoms with Gasteiger partial charge in [0.25, 0.3) is 0 Å². The highest BCUT2D eigenvalue weighted by Gasteiger charge is 2.02. The Morgan fingerprint density at radius 1 is 1.10 bits per heavy atom. The molecule has 0 amide bonds.